The van der Waals surface area contributed by atoms with Crippen LogP contribution in [0, 0.1) is 0 Å². The van der Waals surface area contributed by atoms with Gasteiger partial charge in [-0.15, -0.1) is 6.58 Å². The second-order valence-corrected chi connectivity index (χ2v) is 4.68. The van der Waals surface area contributed by atoms with Crippen LogP contribution in [-0.4, -0.2) is 51.8 Å². The molecule has 21 heavy (non-hydrogen) atoms. The maximum atomic E-state index is 12.4. The third-order valence-electron chi connectivity index (χ3n) is 3.29. The van der Waals surface area contributed by atoms with E-state index >= 15 is 0 Å². The molecule has 2 rings (SSSR count). The van der Waals surface area contributed by atoms with Crippen LogP contribution in [0.1, 0.15) is 16.1 Å². The molecule has 8 heteroatoms. The third kappa shape index (κ3) is 3.29. The molecule has 0 spiro atoms. The lowest BCUT2D eigenvalue weighted by Gasteiger charge is -2.26. The van der Waals surface area contributed by atoms with Crippen LogP contribution >= 0.6 is 0 Å². The van der Waals surface area contributed by atoms with Gasteiger partial charge in [0.1, 0.15) is 5.69 Å². The van der Waals surface area contributed by atoms with Gasteiger partial charge in [0, 0.05) is 26.2 Å². The molecule has 1 aliphatic rings. The fourth-order valence-corrected chi connectivity index (χ4v) is 2.22. The Kier molecular flexibility index (Phi) is 4.71. The molecule has 0 aliphatic carbocycles. The minimum absolute atomic E-state index is 0.0319. The average Bonchev–Trinajstić information content (AvgIpc) is 2.47. The standard InChI is InChI=1S/C13H17N3O5/c1-2-3-16-11(17)9(8-15-4-6-21-7-5-15)10(12(18)19)14-13(16)20/h2H,1,3-8H2,(H,14,20)(H,18,19). The molecular formula is C13H17N3O5. The fourth-order valence-electron chi connectivity index (χ4n) is 2.22. The highest BCUT2D eigenvalue weighted by Crippen LogP contribution is 2.06. The smallest absolute Gasteiger partial charge is 0.352 e. The Morgan fingerprint density at radius 3 is 2.62 bits per heavy atom. The van der Waals surface area contributed by atoms with E-state index in [1.54, 1.807) is 0 Å². The first-order valence-corrected chi connectivity index (χ1v) is 6.55. The minimum atomic E-state index is -1.32. The summed E-state index contributed by atoms with van der Waals surface area (Å²) in [7, 11) is 0. The van der Waals surface area contributed by atoms with Gasteiger partial charge in [0.05, 0.1) is 18.8 Å². The van der Waals surface area contributed by atoms with E-state index in [1.807, 2.05) is 4.90 Å². The van der Waals surface area contributed by atoms with Crippen molar-refractivity contribution >= 4 is 5.97 Å². The number of hydrogen-bond donors (Lipinski definition) is 2. The first-order valence-electron chi connectivity index (χ1n) is 6.55. The first kappa shape index (κ1) is 15.2. The van der Waals surface area contributed by atoms with Crippen molar-refractivity contribution in [3.8, 4) is 0 Å². The lowest BCUT2D eigenvalue weighted by Crippen LogP contribution is -2.43. The number of aromatic carboxylic acids is 1. The minimum Gasteiger partial charge on any atom is -0.477 e. The van der Waals surface area contributed by atoms with Gasteiger partial charge in [-0.05, 0) is 0 Å². The number of rotatable bonds is 5. The molecule has 1 saturated heterocycles. The zero-order valence-corrected chi connectivity index (χ0v) is 11.5. The topological polar surface area (TPSA) is 105 Å². The number of carbonyl (C=O) groups is 1. The van der Waals surface area contributed by atoms with Crippen LogP contribution in [0.15, 0.2) is 22.2 Å². The highest BCUT2D eigenvalue weighted by molar-refractivity contribution is 5.86. The molecule has 1 aromatic rings. The number of aromatic nitrogens is 2. The van der Waals surface area contributed by atoms with Crippen LogP contribution in [0.3, 0.4) is 0 Å². The molecule has 1 fully saturated rings. The van der Waals surface area contributed by atoms with Gasteiger partial charge in [0.25, 0.3) is 5.56 Å². The molecule has 0 unspecified atom stereocenters. The van der Waals surface area contributed by atoms with Crippen molar-refractivity contribution in [3.05, 3.63) is 44.8 Å². The zero-order chi connectivity index (χ0) is 15.4. The highest BCUT2D eigenvalue weighted by atomic mass is 16.5. The Balaban J connectivity index is 2.47. The number of carboxylic acid groups (broad SMARTS) is 1. The third-order valence-corrected chi connectivity index (χ3v) is 3.29. The predicted molar refractivity (Wildman–Crippen MR) is 74.6 cm³/mol. The molecule has 1 aromatic heterocycles. The summed E-state index contributed by atoms with van der Waals surface area (Å²) in [6.45, 7) is 5.97. The van der Waals surface area contributed by atoms with E-state index in [0.717, 1.165) is 4.57 Å². The highest BCUT2D eigenvalue weighted by Gasteiger charge is 2.21. The molecule has 0 bridgehead atoms. The normalized spacial score (nSPS) is 15.8. The summed E-state index contributed by atoms with van der Waals surface area (Å²) in [5, 5.41) is 9.18. The van der Waals surface area contributed by atoms with Crippen LogP contribution in [0.2, 0.25) is 0 Å². The van der Waals surface area contributed by atoms with E-state index in [4.69, 9.17) is 4.74 Å². The zero-order valence-electron chi connectivity index (χ0n) is 11.5. The van der Waals surface area contributed by atoms with Crippen molar-refractivity contribution in [2.45, 2.75) is 13.1 Å². The maximum absolute atomic E-state index is 12.4. The number of carboxylic acids is 1. The summed E-state index contributed by atoms with van der Waals surface area (Å²) in [5.74, 6) is -1.32. The Bertz CT molecular complexity index is 655. The second-order valence-electron chi connectivity index (χ2n) is 4.68. The average molecular weight is 295 g/mol. The summed E-state index contributed by atoms with van der Waals surface area (Å²) >= 11 is 0. The molecule has 2 N–H and O–H groups in total. The number of morpholine rings is 1. The molecule has 0 amide bonds. The van der Waals surface area contributed by atoms with Crippen molar-refractivity contribution in [3.63, 3.8) is 0 Å². The Hall–Kier alpha value is -2.19. The molecule has 0 radical (unpaired) electrons. The molecule has 0 aromatic carbocycles. The van der Waals surface area contributed by atoms with Crippen LogP contribution in [0.5, 0.6) is 0 Å². The summed E-state index contributed by atoms with van der Waals surface area (Å²) in [6, 6.07) is 0. The largest absolute Gasteiger partial charge is 0.477 e. The predicted octanol–water partition coefficient (Wildman–Crippen LogP) is -0.747. The lowest BCUT2D eigenvalue weighted by molar-refractivity contribution is 0.0335. The number of hydrogen-bond acceptors (Lipinski definition) is 5. The van der Waals surface area contributed by atoms with Gasteiger partial charge >= 0.3 is 11.7 Å². The van der Waals surface area contributed by atoms with Crippen molar-refractivity contribution < 1.29 is 14.6 Å². The second kappa shape index (κ2) is 6.51. The summed E-state index contributed by atoms with van der Waals surface area (Å²) in [4.78, 5) is 39.6. The van der Waals surface area contributed by atoms with Crippen LogP contribution < -0.4 is 11.2 Å². The number of nitrogens with zero attached hydrogens (tertiary/aromatic N) is 2. The molecule has 0 saturated carbocycles. The maximum Gasteiger partial charge on any atom is 0.352 e. The number of ether oxygens (including phenoxy) is 1. The Labute approximate surface area is 120 Å². The van der Waals surface area contributed by atoms with Gasteiger partial charge in [0.2, 0.25) is 0 Å². The van der Waals surface area contributed by atoms with Gasteiger partial charge in [-0.1, -0.05) is 6.08 Å². The first-order chi connectivity index (χ1) is 10.0. The monoisotopic (exact) mass is 295 g/mol. The SMILES string of the molecule is C=CCn1c(=O)[nH]c(C(=O)O)c(CN2CCOCC2)c1=O. The van der Waals surface area contributed by atoms with E-state index in [9.17, 15) is 19.5 Å². The van der Waals surface area contributed by atoms with E-state index in [-0.39, 0.29) is 24.3 Å². The van der Waals surface area contributed by atoms with Crippen molar-refractivity contribution in [1.82, 2.24) is 14.5 Å². The van der Waals surface area contributed by atoms with Crippen LogP contribution in [0.4, 0.5) is 0 Å². The van der Waals surface area contributed by atoms with Crippen molar-refractivity contribution in [1.29, 1.82) is 0 Å². The van der Waals surface area contributed by atoms with Crippen LogP contribution in [0.25, 0.3) is 0 Å². The molecule has 2 heterocycles. The molecular weight excluding hydrogens is 278 g/mol. The number of nitrogens with one attached hydrogen (secondary N) is 1. The van der Waals surface area contributed by atoms with Crippen LogP contribution in [-0.2, 0) is 17.8 Å². The van der Waals surface area contributed by atoms with E-state index < -0.39 is 17.2 Å². The van der Waals surface area contributed by atoms with Gasteiger partial charge in [-0.3, -0.25) is 14.3 Å². The van der Waals surface area contributed by atoms with E-state index in [2.05, 4.69) is 11.6 Å². The summed E-state index contributed by atoms with van der Waals surface area (Å²) in [6.07, 6.45) is 1.41. The molecule has 114 valence electrons. The molecule has 8 nitrogen and oxygen atoms in total. The van der Waals surface area contributed by atoms with E-state index in [0.29, 0.717) is 26.3 Å². The fraction of sp³-hybridized carbons (Fsp3) is 0.462. The molecule has 0 atom stereocenters. The van der Waals surface area contributed by atoms with Gasteiger partial charge in [-0.25, -0.2) is 9.59 Å². The Morgan fingerprint density at radius 1 is 1.38 bits per heavy atom. The van der Waals surface area contributed by atoms with Gasteiger partial charge < -0.3 is 14.8 Å². The van der Waals surface area contributed by atoms with Crippen molar-refractivity contribution in [2.75, 3.05) is 26.3 Å². The number of allylic oxidation sites excluding steroid dienone is 1. The number of H-pyrrole nitrogens is 1. The van der Waals surface area contributed by atoms with Gasteiger partial charge in [-0.2, -0.15) is 0 Å². The van der Waals surface area contributed by atoms with Crippen molar-refractivity contribution in [2.24, 2.45) is 0 Å². The summed E-state index contributed by atoms with van der Waals surface area (Å²) in [5.41, 5.74) is -1.62. The van der Waals surface area contributed by atoms with E-state index in [1.165, 1.54) is 6.08 Å². The Morgan fingerprint density at radius 2 is 2.05 bits per heavy atom. The quantitative estimate of drug-likeness (QED) is 0.693. The molecule has 1 aliphatic heterocycles. The summed E-state index contributed by atoms with van der Waals surface area (Å²) < 4.78 is 6.15. The lowest BCUT2D eigenvalue weighted by atomic mass is 10.2. The van der Waals surface area contributed by atoms with Gasteiger partial charge in [0.15, 0.2) is 0 Å². The number of aromatic amines is 1.